The molecule has 0 spiro atoms. The van der Waals surface area contributed by atoms with E-state index < -0.39 is 5.97 Å². The zero-order chi connectivity index (χ0) is 15.0. The van der Waals surface area contributed by atoms with Crippen LogP contribution in [0.1, 0.15) is 25.3 Å². The van der Waals surface area contributed by atoms with E-state index in [1.54, 1.807) is 31.2 Å². The number of aliphatic carboxylic acids is 1. The number of nitrogens with one attached hydrogen (secondary N) is 2. The first-order chi connectivity index (χ1) is 9.47. The van der Waals surface area contributed by atoms with Gasteiger partial charge in [-0.15, -0.1) is 0 Å². The first-order valence-electron chi connectivity index (χ1n) is 6.51. The van der Waals surface area contributed by atoms with Crippen LogP contribution in [0.2, 0.25) is 0 Å². The first kappa shape index (κ1) is 15.8. The van der Waals surface area contributed by atoms with E-state index in [2.05, 4.69) is 10.6 Å². The Hall–Kier alpha value is -2.24. The molecule has 1 rings (SSSR count). The molecule has 0 saturated carbocycles. The summed E-state index contributed by atoms with van der Waals surface area (Å²) in [6.07, 6.45) is 1.10. The average Bonchev–Trinajstić information content (AvgIpc) is 2.38. The third-order valence-corrected chi connectivity index (χ3v) is 2.80. The van der Waals surface area contributed by atoms with E-state index in [-0.39, 0.29) is 24.2 Å². The number of rotatable bonds is 7. The fourth-order valence-electron chi connectivity index (χ4n) is 1.67. The lowest BCUT2D eigenvalue weighted by Gasteiger charge is -2.13. The van der Waals surface area contributed by atoms with Crippen molar-refractivity contribution in [2.24, 2.45) is 0 Å². The number of hydrogen-bond acceptors (Lipinski definition) is 3. The van der Waals surface area contributed by atoms with Crippen LogP contribution in [0.3, 0.4) is 0 Å². The maximum Gasteiger partial charge on any atom is 0.315 e. The van der Waals surface area contributed by atoms with Crippen molar-refractivity contribution in [1.29, 1.82) is 0 Å². The van der Waals surface area contributed by atoms with Crippen LogP contribution in [0.25, 0.3) is 0 Å². The minimum Gasteiger partial charge on any atom is -0.508 e. The van der Waals surface area contributed by atoms with Crippen LogP contribution in [0.5, 0.6) is 5.75 Å². The van der Waals surface area contributed by atoms with Gasteiger partial charge in [-0.1, -0.05) is 12.1 Å². The van der Waals surface area contributed by atoms with Gasteiger partial charge in [0.1, 0.15) is 5.75 Å². The molecule has 0 unspecified atom stereocenters. The summed E-state index contributed by atoms with van der Waals surface area (Å²) in [5, 5.41) is 23.1. The van der Waals surface area contributed by atoms with E-state index in [4.69, 9.17) is 10.2 Å². The number of benzene rings is 1. The molecule has 0 saturated heterocycles. The number of carboxylic acid groups (broad SMARTS) is 1. The molecule has 1 aromatic rings. The van der Waals surface area contributed by atoms with Crippen LogP contribution in [-0.2, 0) is 11.2 Å². The standard InChI is InChI=1S/C14H20N2O4/c1-10(2-7-13(18)19)16-14(20)15-9-8-11-3-5-12(17)6-4-11/h3-6,10,17H,2,7-9H2,1H3,(H,18,19)(H2,15,16,20)/t10-/m1/s1. The molecular weight excluding hydrogens is 260 g/mol. The normalized spacial score (nSPS) is 11.7. The summed E-state index contributed by atoms with van der Waals surface area (Å²) in [7, 11) is 0. The molecule has 2 amide bonds. The number of carboxylic acids is 1. The number of carbonyl (C=O) groups is 2. The lowest BCUT2D eigenvalue weighted by Crippen LogP contribution is -2.41. The fourth-order valence-corrected chi connectivity index (χ4v) is 1.67. The van der Waals surface area contributed by atoms with Crippen molar-refractivity contribution >= 4 is 12.0 Å². The Balaban J connectivity index is 2.19. The third-order valence-electron chi connectivity index (χ3n) is 2.80. The van der Waals surface area contributed by atoms with Gasteiger partial charge >= 0.3 is 12.0 Å². The van der Waals surface area contributed by atoms with Gasteiger partial charge in [0.2, 0.25) is 0 Å². The van der Waals surface area contributed by atoms with Crippen molar-refractivity contribution in [3.8, 4) is 5.75 Å². The van der Waals surface area contributed by atoms with Crippen LogP contribution in [0.15, 0.2) is 24.3 Å². The van der Waals surface area contributed by atoms with Gasteiger partial charge in [0.15, 0.2) is 0 Å². The lowest BCUT2D eigenvalue weighted by atomic mass is 10.1. The van der Waals surface area contributed by atoms with Crippen LogP contribution in [-0.4, -0.2) is 34.8 Å². The molecule has 0 heterocycles. The third kappa shape index (κ3) is 6.63. The second kappa shape index (κ2) is 8.04. The topological polar surface area (TPSA) is 98.7 Å². The van der Waals surface area contributed by atoms with E-state index in [0.29, 0.717) is 19.4 Å². The summed E-state index contributed by atoms with van der Waals surface area (Å²) in [6.45, 7) is 2.24. The van der Waals surface area contributed by atoms with Gasteiger partial charge in [-0.25, -0.2) is 4.79 Å². The number of urea groups is 1. The highest BCUT2D eigenvalue weighted by Crippen LogP contribution is 2.09. The maximum absolute atomic E-state index is 11.5. The molecule has 1 aromatic carbocycles. The van der Waals surface area contributed by atoms with Gasteiger partial charge in [0, 0.05) is 19.0 Å². The predicted octanol–water partition coefficient (Wildman–Crippen LogP) is 1.49. The van der Waals surface area contributed by atoms with E-state index >= 15 is 0 Å². The highest BCUT2D eigenvalue weighted by molar-refractivity contribution is 5.74. The Morgan fingerprint density at radius 3 is 2.50 bits per heavy atom. The molecule has 0 radical (unpaired) electrons. The van der Waals surface area contributed by atoms with Crippen LogP contribution in [0.4, 0.5) is 4.79 Å². The van der Waals surface area contributed by atoms with Gasteiger partial charge in [0.05, 0.1) is 0 Å². The second-order valence-corrected chi connectivity index (χ2v) is 4.65. The van der Waals surface area contributed by atoms with Crippen molar-refractivity contribution in [3.05, 3.63) is 29.8 Å². The molecule has 20 heavy (non-hydrogen) atoms. The van der Waals surface area contributed by atoms with Crippen molar-refractivity contribution < 1.29 is 19.8 Å². The van der Waals surface area contributed by atoms with Gasteiger partial charge in [-0.05, 0) is 37.5 Å². The minimum absolute atomic E-state index is 0.0367. The molecule has 4 N–H and O–H groups in total. The number of amides is 2. The number of phenols is 1. The van der Waals surface area contributed by atoms with Crippen LogP contribution in [0, 0.1) is 0 Å². The van der Waals surface area contributed by atoms with Gasteiger partial charge < -0.3 is 20.8 Å². The highest BCUT2D eigenvalue weighted by Gasteiger charge is 2.08. The molecule has 0 aliphatic carbocycles. The minimum atomic E-state index is -0.869. The SMILES string of the molecule is C[C@H](CCC(=O)O)NC(=O)NCCc1ccc(O)cc1. The monoisotopic (exact) mass is 280 g/mol. The number of aromatic hydroxyl groups is 1. The Labute approximate surface area is 117 Å². The molecule has 110 valence electrons. The molecule has 6 heteroatoms. The van der Waals surface area contributed by atoms with Crippen LogP contribution >= 0.6 is 0 Å². The molecule has 0 fully saturated rings. The molecule has 0 aliphatic heterocycles. The summed E-state index contributed by atoms with van der Waals surface area (Å²) in [6, 6.07) is 6.31. The predicted molar refractivity (Wildman–Crippen MR) is 74.7 cm³/mol. The van der Waals surface area contributed by atoms with Crippen molar-refractivity contribution in [1.82, 2.24) is 10.6 Å². The van der Waals surface area contributed by atoms with Crippen molar-refractivity contribution in [3.63, 3.8) is 0 Å². The molecule has 0 aromatic heterocycles. The Kier molecular flexibility index (Phi) is 6.36. The Bertz CT molecular complexity index is 445. The largest absolute Gasteiger partial charge is 0.508 e. The molecule has 0 bridgehead atoms. The van der Waals surface area contributed by atoms with Gasteiger partial charge in [-0.3, -0.25) is 4.79 Å². The van der Waals surface area contributed by atoms with Gasteiger partial charge in [-0.2, -0.15) is 0 Å². The quantitative estimate of drug-likeness (QED) is 0.608. The summed E-state index contributed by atoms with van der Waals surface area (Å²) >= 11 is 0. The van der Waals surface area contributed by atoms with E-state index in [1.165, 1.54) is 0 Å². The lowest BCUT2D eigenvalue weighted by molar-refractivity contribution is -0.137. The maximum atomic E-state index is 11.5. The summed E-state index contributed by atoms with van der Waals surface area (Å²) in [5.74, 6) is -0.655. The van der Waals surface area contributed by atoms with E-state index in [1.807, 2.05) is 0 Å². The van der Waals surface area contributed by atoms with Crippen LogP contribution < -0.4 is 10.6 Å². The summed E-state index contributed by atoms with van der Waals surface area (Å²) in [4.78, 5) is 21.9. The molecule has 1 atom stereocenters. The van der Waals surface area contributed by atoms with Crippen molar-refractivity contribution in [2.75, 3.05) is 6.54 Å². The second-order valence-electron chi connectivity index (χ2n) is 4.65. The number of hydrogen-bond donors (Lipinski definition) is 4. The zero-order valence-electron chi connectivity index (χ0n) is 11.4. The molecular formula is C14H20N2O4. The number of phenolic OH excluding ortho intramolecular Hbond substituents is 1. The first-order valence-corrected chi connectivity index (χ1v) is 6.51. The van der Waals surface area contributed by atoms with E-state index in [9.17, 15) is 9.59 Å². The average molecular weight is 280 g/mol. The Morgan fingerprint density at radius 2 is 1.90 bits per heavy atom. The zero-order valence-corrected chi connectivity index (χ0v) is 11.4. The molecule has 0 aliphatic rings. The van der Waals surface area contributed by atoms with Crippen molar-refractivity contribution in [2.45, 2.75) is 32.2 Å². The smallest absolute Gasteiger partial charge is 0.315 e. The summed E-state index contributed by atoms with van der Waals surface area (Å²) in [5.41, 5.74) is 1.02. The van der Waals surface area contributed by atoms with Gasteiger partial charge in [0.25, 0.3) is 0 Å². The van der Waals surface area contributed by atoms with E-state index in [0.717, 1.165) is 5.56 Å². The Morgan fingerprint density at radius 1 is 1.25 bits per heavy atom. The highest BCUT2D eigenvalue weighted by atomic mass is 16.4. The fraction of sp³-hybridized carbons (Fsp3) is 0.429. The number of carbonyl (C=O) groups excluding carboxylic acids is 1. The molecule has 6 nitrogen and oxygen atoms in total. The summed E-state index contributed by atoms with van der Waals surface area (Å²) < 4.78 is 0.